The molecule has 0 unspecified atom stereocenters. The van der Waals surface area contributed by atoms with Crippen LogP contribution in [0.2, 0.25) is 0 Å². The third-order valence-electron chi connectivity index (χ3n) is 4.70. The van der Waals surface area contributed by atoms with Crippen LogP contribution in [0.3, 0.4) is 0 Å². The monoisotopic (exact) mass is 274 g/mol. The van der Waals surface area contributed by atoms with Crippen molar-refractivity contribution in [2.24, 2.45) is 5.73 Å². The fraction of sp³-hybridized carbons (Fsp3) is 0.667. The van der Waals surface area contributed by atoms with Crippen LogP contribution in [0.1, 0.15) is 63.5 Å². The zero-order chi connectivity index (χ0) is 14.5. The second kappa shape index (κ2) is 7.24. The lowest BCUT2D eigenvalue weighted by atomic mass is 9.90. The second-order valence-corrected chi connectivity index (χ2v) is 6.53. The summed E-state index contributed by atoms with van der Waals surface area (Å²) >= 11 is 0. The summed E-state index contributed by atoms with van der Waals surface area (Å²) in [4.78, 5) is 2.62. The molecule has 2 heteroatoms. The highest BCUT2D eigenvalue weighted by atomic mass is 15.1. The van der Waals surface area contributed by atoms with Gasteiger partial charge < -0.3 is 5.73 Å². The molecule has 112 valence electrons. The molecule has 0 saturated heterocycles. The van der Waals surface area contributed by atoms with E-state index in [2.05, 4.69) is 49.9 Å². The van der Waals surface area contributed by atoms with Gasteiger partial charge in [0, 0.05) is 18.6 Å². The van der Waals surface area contributed by atoms with Gasteiger partial charge in [0.15, 0.2) is 0 Å². The van der Waals surface area contributed by atoms with E-state index < -0.39 is 0 Å². The van der Waals surface area contributed by atoms with Gasteiger partial charge in [-0.2, -0.15) is 0 Å². The van der Waals surface area contributed by atoms with Gasteiger partial charge in [0.05, 0.1) is 0 Å². The van der Waals surface area contributed by atoms with Crippen molar-refractivity contribution in [1.82, 2.24) is 4.90 Å². The van der Waals surface area contributed by atoms with Crippen molar-refractivity contribution in [3.8, 4) is 0 Å². The summed E-state index contributed by atoms with van der Waals surface area (Å²) in [7, 11) is 0. The van der Waals surface area contributed by atoms with Gasteiger partial charge >= 0.3 is 0 Å². The summed E-state index contributed by atoms with van der Waals surface area (Å²) < 4.78 is 0. The first kappa shape index (κ1) is 15.5. The summed E-state index contributed by atoms with van der Waals surface area (Å²) in [6.07, 6.45) is 4.90. The molecule has 2 rings (SSSR count). The minimum atomic E-state index is 0.440. The van der Waals surface area contributed by atoms with Gasteiger partial charge in [0.2, 0.25) is 0 Å². The minimum absolute atomic E-state index is 0.440. The molecular weight excluding hydrogens is 244 g/mol. The molecule has 1 saturated carbocycles. The van der Waals surface area contributed by atoms with E-state index in [0.717, 1.165) is 19.1 Å². The highest BCUT2D eigenvalue weighted by Gasteiger charge is 2.23. The van der Waals surface area contributed by atoms with E-state index in [1.165, 1.54) is 36.8 Å². The molecular formula is C18H30N2. The Labute approximate surface area is 124 Å². The molecule has 0 radical (unpaired) electrons. The Hall–Kier alpha value is -0.860. The van der Waals surface area contributed by atoms with Crippen LogP contribution in [0.5, 0.6) is 0 Å². The molecule has 0 aliphatic heterocycles. The highest BCUT2D eigenvalue weighted by molar-refractivity contribution is 5.24. The first-order valence-corrected chi connectivity index (χ1v) is 8.18. The highest BCUT2D eigenvalue weighted by Crippen LogP contribution is 2.24. The predicted octanol–water partition coefficient (Wildman–Crippen LogP) is 3.90. The van der Waals surface area contributed by atoms with Crippen LogP contribution in [0, 0.1) is 0 Å². The van der Waals surface area contributed by atoms with Crippen molar-refractivity contribution in [3.63, 3.8) is 0 Å². The van der Waals surface area contributed by atoms with Gasteiger partial charge in [-0.3, -0.25) is 4.90 Å². The lowest BCUT2D eigenvalue weighted by molar-refractivity contribution is 0.149. The summed E-state index contributed by atoms with van der Waals surface area (Å²) in [6.45, 7) is 8.98. The molecule has 0 aromatic heterocycles. The van der Waals surface area contributed by atoms with Crippen LogP contribution in [0.25, 0.3) is 0 Å². The molecule has 1 aliphatic carbocycles. The summed E-state index contributed by atoms with van der Waals surface area (Å²) in [5.41, 5.74) is 8.88. The number of nitrogens with two attached hydrogens (primary N) is 1. The van der Waals surface area contributed by atoms with Crippen LogP contribution in [0.4, 0.5) is 0 Å². The number of hydrogen-bond acceptors (Lipinski definition) is 2. The standard InChI is InChI=1S/C18H30N2/c1-4-20(18-11-9-17(19)10-12-18)13-15-5-7-16(8-6-15)14(2)3/h5-8,14,17-18H,4,9-13,19H2,1-3H3/t17-,18-. The Kier molecular flexibility index (Phi) is 5.62. The zero-order valence-electron chi connectivity index (χ0n) is 13.3. The molecule has 1 aromatic carbocycles. The van der Waals surface area contributed by atoms with E-state index in [0.29, 0.717) is 12.0 Å². The molecule has 0 atom stereocenters. The van der Waals surface area contributed by atoms with Crippen molar-refractivity contribution >= 4 is 0 Å². The SMILES string of the molecule is CCN(Cc1ccc(C(C)C)cc1)[C@H]1CC[C@H](N)CC1. The van der Waals surface area contributed by atoms with Crippen LogP contribution >= 0.6 is 0 Å². The van der Waals surface area contributed by atoms with E-state index in [1.807, 2.05) is 0 Å². The molecule has 0 heterocycles. The average molecular weight is 274 g/mol. The first-order chi connectivity index (χ1) is 9.60. The maximum atomic E-state index is 6.02. The minimum Gasteiger partial charge on any atom is -0.328 e. The van der Waals surface area contributed by atoms with E-state index in [-0.39, 0.29) is 0 Å². The Morgan fingerprint density at radius 2 is 1.70 bits per heavy atom. The zero-order valence-corrected chi connectivity index (χ0v) is 13.3. The van der Waals surface area contributed by atoms with Crippen molar-refractivity contribution in [2.75, 3.05) is 6.54 Å². The van der Waals surface area contributed by atoms with Gasteiger partial charge in [0.1, 0.15) is 0 Å². The maximum Gasteiger partial charge on any atom is 0.0236 e. The number of rotatable bonds is 5. The lowest BCUT2D eigenvalue weighted by Crippen LogP contribution is -2.40. The second-order valence-electron chi connectivity index (χ2n) is 6.53. The lowest BCUT2D eigenvalue weighted by Gasteiger charge is -2.35. The summed E-state index contributed by atoms with van der Waals surface area (Å²) in [5, 5.41) is 0. The number of hydrogen-bond donors (Lipinski definition) is 1. The van der Waals surface area contributed by atoms with Gasteiger partial charge in [-0.05, 0) is 49.3 Å². The van der Waals surface area contributed by atoms with Gasteiger partial charge in [0.25, 0.3) is 0 Å². The fourth-order valence-corrected chi connectivity index (χ4v) is 3.21. The normalized spacial score (nSPS) is 23.5. The fourth-order valence-electron chi connectivity index (χ4n) is 3.21. The number of benzene rings is 1. The van der Waals surface area contributed by atoms with E-state index >= 15 is 0 Å². The Morgan fingerprint density at radius 3 is 2.20 bits per heavy atom. The molecule has 1 fully saturated rings. The van der Waals surface area contributed by atoms with Crippen LogP contribution < -0.4 is 5.73 Å². The van der Waals surface area contributed by atoms with Gasteiger partial charge in [-0.1, -0.05) is 45.0 Å². The van der Waals surface area contributed by atoms with E-state index in [1.54, 1.807) is 0 Å². The predicted molar refractivity (Wildman–Crippen MR) is 86.8 cm³/mol. The molecule has 20 heavy (non-hydrogen) atoms. The topological polar surface area (TPSA) is 29.3 Å². The van der Waals surface area contributed by atoms with Crippen LogP contribution in [0.15, 0.2) is 24.3 Å². The summed E-state index contributed by atoms with van der Waals surface area (Å²) in [5.74, 6) is 0.617. The molecule has 0 bridgehead atoms. The van der Waals surface area contributed by atoms with Gasteiger partial charge in [-0.15, -0.1) is 0 Å². The molecule has 0 amide bonds. The van der Waals surface area contributed by atoms with E-state index in [9.17, 15) is 0 Å². The first-order valence-electron chi connectivity index (χ1n) is 8.18. The maximum absolute atomic E-state index is 6.02. The Balaban J connectivity index is 1.95. The van der Waals surface area contributed by atoms with Crippen molar-refractivity contribution in [1.29, 1.82) is 0 Å². The van der Waals surface area contributed by atoms with Crippen LogP contribution in [-0.2, 0) is 6.54 Å². The molecule has 0 spiro atoms. The third kappa shape index (κ3) is 4.07. The number of nitrogens with zero attached hydrogens (tertiary/aromatic N) is 1. The van der Waals surface area contributed by atoms with Crippen molar-refractivity contribution in [2.45, 2.75) is 71.0 Å². The molecule has 1 aromatic rings. The molecule has 2 nitrogen and oxygen atoms in total. The smallest absolute Gasteiger partial charge is 0.0236 e. The Bertz CT molecular complexity index is 388. The third-order valence-corrected chi connectivity index (χ3v) is 4.70. The van der Waals surface area contributed by atoms with Crippen LogP contribution in [-0.4, -0.2) is 23.5 Å². The van der Waals surface area contributed by atoms with Crippen molar-refractivity contribution in [3.05, 3.63) is 35.4 Å². The van der Waals surface area contributed by atoms with E-state index in [4.69, 9.17) is 5.73 Å². The summed E-state index contributed by atoms with van der Waals surface area (Å²) in [6, 6.07) is 10.3. The average Bonchev–Trinajstić information content (AvgIpc) is 2.46. The molecule has 2 N–H and O–H groups in total. The Morgan fingerprint density at radius 1 is 1.10 bits per heavy atom. The van der Waals surface area contributed by atoms with Gasteiger partial charge in [-0.25, -0.2) is 0 Å². The molecule has 1 aliphatic rings. The quantitative estimate of drug-likeness (QED) is 0.882. The van der Waals surface area contributed by atoms with Crippen molar-refractivity contribution < 1.29 is 0 Å². The largest absolute Gasteiger partial charge is 0.328 e.